The zero-order chi connectivity index (χ0) is 20.1. The van der Waals surface area contributed by atoms with E-state index in [2.05, 4.69) is 24.8 Å². The van der Waals surface area contributed by atoms with Crippen LogP contribution in [0.4, 0.5) is 0 Å². The van der Waals surface area contributed by atoms with Gasteiger partial charge >= 0.3 is 0 Å². The summed E-state index contributed by atoms with van der Waals surface area (Å²) in [6.07, 6.45) is 15.0. The lowest BCUT2D eigenvalue weighted by Gasteiger charge is -2.37. The minimum atomic E-state index is 0.0322. The van der Waals surface area contributed by atoms with Crippen molar-refractivity contribution in [1.29, 1.82) is 0 Å². The SMILES string of the molecule is C=CC1CCC(C2COC(CCC3CCC(c4ccc(Cl)cc4)CC3)OC2)CC1. The summed E-state index contributed by atoms with van der Waals surface area (Å²) in [6.45, 7) is 5.76. The molecule has 1 saturated heterocycles. The predicted octanol–water partition coefficient (Wildman–Crippen LogP) is 7.38. The molecule has 2 saturated carbocycles. The van der Waals surface area contributed by atoms with E-state index < -0.39 is 0 Å². The van der Waals surface area contributed by atoms with Gasteiger partial charge in [-0.1, -0.05) is 29.8 Å². The Labute approximate surface area is 182 Å². The maximum Gasteiger partial charge on any atom is 0.157 e. The molecular formula is C26H37ClO2. The maximum absolute atomic E-state index is 6.13. The van der Waals surface area contributed by atoms with Crippen LogP contribution in [0.2, 0.25) is 5.02 Å². The average molecular weight is 417 g/mol. The van der Waals surface area contributed by atoms with Crippen molar-refractivity contribution in [3.63, 3.8) is 0 Å². The fourth-order valence-corrected chi connectivity index (χ4v) is 5.87. The normalized spacial score (nSPS) is 35.9. The Bertz CT molecular complexity index is 619. The molecule has 3 fully saturated rings. The van der Waals surface area contributed by atoms with E-state index in [0.29, 0.717) is 11.8 Å². The molecule has 2 aliphatic carbocycles. The fourth-order valence-electron chi connectivity index (χ4n) is 5.74. The second-order valence-corrected chi connectivity index (χ2v) is 10.0. The van der Waals surface area contributed by atoms with Gasteiger partial charge in [-0.3, -0.25) is 0 Å². The first kappa shape index (κ1) is 21.4. The average Bonchev–Trinajstić information content (AvgIpc) is 2.79. The van der Waals surface area contributed by atoms with Gasteiger partial charge in [-0.2, -0.15) is 0 Å². The molecule has 0 atom stereocenters. The molecule has 3 heteroatoms. The smallest absolute Gasteiger partial charge is 0.157 e. The number of hydrogen-bond acceptors (Lipinski definition) is 2. The molecule has 29 heavy (non-hydrogen) atoms. The second-order valence-electron chi connectivity index (χ2n) is 9.61. The molecule has 1 aromatic carbocycles. The molecule has 0 unspecified atom stereocenters. The van der Waals surface area contributed by atoms with Crippen LogP contribution in [0.5, 0.6) is 0 Å². The summed E-state index contributed by atoms with van der Waals surface area (Å²) < 4.78 is 12.3. The Hall–Kier alpha value is -0.830. The summed E-state index contributed by atoms with van der Waals surface area (Å²) in [7, 11) is 0. The molecular weight excluding hydrogens is 380 g/mol. The highest BCUT2D eigenvalue weighted by molar-refractivity contribution is 6.30. The first-order valence-electron chi connectivity index (χ1n) is 11.8. The van der Waals surface area contributed by atoms with Crippen molar-refractivity contribution in [2.75, 3.05) is 13.2 Å². The van der Waals surface area contributed by atoms with Crippen molar-refractivity contribution in [2.45, 2.75) is 76.4 Å². The number of hydrogen-bond donors (Lipinski definition) is 0. The molecule has 1 aromatic rings. The van der Waals surface area contributed by atoms with Gasteiger partial charge in [0.15, 0.2) is 6.29 Å². The summed E-state index contributed by atoms with van der Waals surface area (Å²) in [5.41, 5.74) is 1.46. The van der Waals surface area contributed by atoms with Crippen LogP contribution >= 0.6 is 11.6 Å². The zero-order valence-electron chi connectivity index (χ0n) is 17.7. The molecule has 0 aromatic heterocycles. The summed E-state index contributed by atoms with van der Waals surface area (Å²) in [4.78, 5) is 0. The molecule has 0 spiro atoms. The van der Waals surface area contributed by atoms with Crippen LogP contribution in [-0.2, 0) is 9.47 Å². The van der Waals surface area contributed by atoms with Crippen molar-refractivity contribution in [1.82, 2.24) is 0 Å². The van der Waals surface area contributed by atoms with E-state index in [0.717, 1.165) is 42.4 Å². The maximum atomic E-state index is 6.13. The number of halogens is 1. The standard InChI is InChI=1S/C26H37ClO2/c1-2-19-3-8-23(9-4-19)24-17-28-26(29-18-24)16-7-20-5-10-21(11-6-20)22-12-14-25(27)15-13-22/h2,12-15,19-21,23-24,26H,1,3-11,16-18H2. The van der Waals surface area contributed by atoms with E-state index in [1.807, 2.05) is 12.1 Å². The number of allylic oxidation sites excluding steroid dienone is 1. The third-order valence-electron chi connectivity index (χ3n) is 7.81. The van der Waals surface area contributed by atoms with Gasteiger partial charge in [-0.25, -0.2) is 0 Å². The molecule has 3 aliphatic rings. The fraction of sp³-hybridized carbons (Fsp3) is 0.692. The largest absolute Gasteiger partial charge is 0.352 e. The van der Waals surface area contributed by atoms with Gasteiger partial charge in [0.2, 0.25) is 0 Å². The van der Waals surface area contributed by atoms with E-state index in [-0.39, 0.29) is 6.29 Å². The summed E-state index contributed by atoms with van der Waals surface area (Å²) in [5.74, 6) is 3.67. The van der Waals surface area contributed by atoms with Gasteiger partial charge in [-0.15, -0.1) is 6.58 Å². The quantitative estimate of drug-likeness (QED) is 0.450. The van der Waals surface area contributed by atoms with Gasteiger partial charge < -0.3 is 9.47 Å². The predicted molar refractivity (Wildman–Crippen MR) is 120 cm³/mol. The lowest BCUT2D eigenvalue weighted by atomic mass is 9.76. The van der Waals surface area contributed by atoms with Gasteiger partial charge in [0, 0.05) is 10.9 Å². The van der Waals surface area contributed by atoms with E-state index in [1.165, 1.54) is 63.4 Å². The van der Waals surface area contributed by atoms with Gasteiger partial charge in [0.1, 0.15) is 0 Å². The van der Waals surface area contributed by atoms with Crippen molar-refractivity contribution in [3.05, 3.63) is 47.5 Å². The van der Waals surface area contributed by atoms with Crippen LogP contribution in [0.15, 0.2) is 36.9 Å². The van der Waals surface area contributed by atoms with Crippen molar-refractivity contribution >= 4 is 11.6 Å². The lowest BCUT2D eigenvalue weighted by molar-refractivity contribution is -0.213. The third kappa shape index (κ3) is 5.87. The van der Waals surface area contributed by atoms with Crippen LogP contribution in [-0.4, -0.2) is 19.5 Å². The monoisotopic (exact) mass is 416 g/mol. The Morgan fingerprint density at radius 1 is 0.828 bits per heavy atom. The van der Waals surface area contributed by atoms with Crippen molar-refractivity contribution in [3.8, 4) is 0 Å². The van der Waals surface area contributed by atoms with Crippen LogP contribution in [0.1, 0.15) is 75.7 Å². The minimum absolute atomic E-state index is 0.0322. The highest BCUT2D eigenvalue weighted by Gasteiger charge is 2.32. The number of benzene rings is 1. The number of ether oxygens (including phenoxy) is 2. The summed E-state index contributed by atoms with van der Waals surface area (Å²) in [5, 5.41) is 0.835. The Morgan fingerprint density at radius 2 is 1.48 bits per heavy atom. The lowest BCUT2D eigenvalue weighted by Crippen LogP contribution is -2.37. The zero-order valence-corrected chi connectivity index (χ0v) is 18.5. The number of rotatable bonds is 6. The van der Waals surface area contributed by atoms with Crippen LogP contribution in [0.25, 0.3) is 0 Å². The molecule has 1 aliphatic heterocycles. The van der Waals surface area contributed by atoms with Crippen LogP contribution in [0, 0.1) is 23.7 Å². The first-order chi connectivity index (χ1) is 14.2. The van der Waals surface area contributed by atoms with Gasteiger partial charge in [-0.05, 0) is 106 Å². The van der Waals surface area contributed by atoms with E-state index in [1.54, 1.807) is 0 Å². The van der Waals surface area contributed by atoms with Crippen LogP contribution < -0.4 is 0 Å². The molecule has 0 N–H and O–H groups in total. The summed E-state index contributed by atoms with van der Waals surface area (Å²) in [6, 6.07) is 8.47. The van der Waals surface area contributed by atoms with E-state index in [4.69, 9.17) is 21.1 Å². The van der Waals surface area contributed by atoms with Crippen molar-refractivity contribution in [2.24, 2.45) is 23.7 Å². The van der Waals surface area contributed by atoms with Gasteiger partial charge in [0.05, 0.1) is 13.2 Å². The van der Waals surface area contributed by atoms with E-state index in [9.17, 15) is 0 Å². The first-order valence-corrected chi connectivity index (χ1v) is 12.2. The minimum Gasteiger partial charge on any atom is -0.352 e. The third-order valence-corrected chi connectivity index (χ3v) is 8.06. The van der Waals surface area contributed by atoms with Crippen LogP contribution in [0.3, 0.4) is 0 Å². The van der Waals surface area contributed by atoms with E-state index >= 15 is 0 Å². The van der Waals surface area contributed by atoms with Crippen molar-refractivity contribution < 1.29 is 9.47 Å². The molecule has 0 radical (unpaired) electrons. The molecule has 4 rings (SSSR count). The second kappa shape index (κ2) is 10.5. The van der Waals surface area contributed by atoms with Gasteiger partial charge in [0.25, 0.3) is 0 Å². The summed E-state index contributed by atoms with van der Waals surface area (Å²) >= 11 is 6.03. The molecule has 0 bridgehead atoms. The highest BCUT2D eigenvalue weighted by atomic mass is 35.5. The Balaban J connectivity index is 1.13. The molecule has 2 nitrogen and oxygen atoms in total. The Kier molecular flexibility index (Phi) is 7.72. The molecule has 0 amide bonds. The molecule has 160 valence electrons. The molecule has 1 heterocycles. The highest BCUT2D eigenvalue weighted by Crippen LogP contribution is 2.39. The topological polar surface area (TPSA) is 18.5 Å². The Morgan fingerprint density at radius 3 is 2.10 bits per heavy atom.